The smallest absolute Gasteiger partial charge is 0.548 e. The molecule has 0 heterocycles. The molecule has 0 saturated carbocycles. The predicted octanol–water partition coefficient (Wildman–Crippen LogP) is -1.78. The van der Waals surface area contributed by atoms with E-state index in [1.165, 1.54) is 0 Å². The summed E-state index contributed by atoms with van der Waals surface area (Å²) < 4.78 is 0. The minimum Gasteiger partial charge on any atom is -0.548 e. The Kier molecular flexibility index (Phi) is 15.5. The first kappa shape index (κ1) is 23.6. The van der Waals surface area contributed by atoms with Crippen LogP contribution < -0.4 is 21.7 Å². The molecule has 0 aliphatic heterocycles. The Morgan fingerprint density at radius 1 is 0.842 bits per heavy atom. The van der Waals surface area contributed by atoms with E-state index in [9.17, 15) is 19.8 Å². The fourth-order valence-corrected chi connectivity index (χ4v) is 1.21. The van der Waals surface area contributed by atoms with Gasteiger partial charge in [0, 0.05) is 12.1 Å². The summed E-state index contributed by atoms with van der Waals surface area (Å²) in [5.74, 6) is -1.69. The second-order valence-corrected chi connectivity index (χ2v) is 5.11. The van der Waals surface area contributed by atoms with Gasteiger partial charge in [-0.25, -0.2) is 0 Å². The molecular formula is C12H24N2O4Zn. The summed E-state index contributed by atoms with van der Waals surface area (Å²) in [5, 5.41) is 20.0. The number of carbonyl (C=O) groups excluding carboxylic acids is 2. The third kappa shape index (κ3) is 17.5. The first-order chi connectivity index (χ1) is 8.07. The molecule has 0 rings (SSSR count). The van der Waals surface area contributed by atoms with Crippen LogP contribution in [0.15, 0.2) is 0 Å². The van der Waals surface area contributed by atoms with Gasteiger partial charge in [-0.3, -0.25) is 0 Å². The zero-order valence-corrected chi connectivity index (χ0v) is 15.2. The Hall–Kier alpha value is -0.517. The summed E-state index contributed by atoms with van der Waals surface area (Å²) in [7, 11) is 0. The quantitative estimate of drug-likeness (QED) is 0.555. The average molecular weight is 326 g/mol. The van der Waals surface area contributed by atoms with Crippen LogP contribution in [0, 0.1) is 11.8 Å². The number of aliphatic carboxylic acids is 2. The molecule has 2 atom stereocenters. The Labute approximate surface area is 127 Å². The van der Waals surface area contributed by atoms with Gasteiger partial charge in [-0.15, -0.1) is 0 Å². The predicted molar refractivity (Wildman–Crippen MR) is 64.9 cm³/mol. The van der Waals surface area contributed by atoms with Crippen molar-refractivity contribution in [3.8, 4) is 0 Å². The van der Waals surface area contributed by atoms with Crippen LogP contribution in [0.3, 0.4) is 0 Å². The molecule has 0 unspecified atom stereocenters. The van der Waals surface area contributed by atoms with Crippen LogP contribution >= 0.6 is 0 Å². The van der Waals surface area contributed by atoms with Crippen molar-refractivity contribution in [2.75, 3.05) is 0 Å². The van der Waals surface area contributed by atoms with Gasteiger partial charge in [-0.05, 0) is 24.7 Å². The molecule has 0 amide bonds. The van der Waals surface area contributed by atoms with Crippen molar-refractivity contribution in [1.29, 1.82) is 0 Å². The van der Waals surface area contributed by atoms with Crippen LogP contribution in [0.1, 0.15) is 40.5 Å². The fraction of sp³-hybridized carbons (Fsp3) is 0.833. The second kappa shape index (κ2) is 12.5. The molecule has 0 aliphatic carbocycles. The maximum atomic E-state index is 10.00. The molecule has 0 aromatic rings. The van der Waals surface area contributed by atoms with Crippen LogP contribution in [-0.4, -0.2) is 24.0 Å². The van der Waals surface area contributed by atoms with E-state index < -0.39 is 24.0 Å². The number of carbonyl (C=O) groups is 2. The first-order valence-corrected chi connectivity index (χ1v) is 6.00. The maximum Gasteiger partial charge on any atom is 2.00 e. The van der Waals surface area contributed by atoms with E-state index in [4.69, 9.17) is 11.5 Å². The number of hydrogen-bond acceptors (Lipinski definition) is 6. The molecule has 6 nitrogen and oxygen atoms in total. The summed E-state index contributed by atoms with van der Waals surface area (Å²) in [6.07, 6.45) is 0.977. The van der Waals surface area contributed by atoms with Crippen molar-refractivity contribution in [3.05, 3.63) is 0 Å². The van der Waals surface area contributed by atoms with Crippen molar-refractivity contribution in [3.63, 3.8) is 0 Å². The zero-order chi connectivity index (χ0) is 14.9. The topological polar surface area (TPSA) is 132 Å². The van der Waals surface area contributed by atoms with Gasteiger partial charge in [-0.1, -0.05) is 27.7 Å². The molecular weight excluding hydrogens is 302 g/mol. The van der Waals surface area contributed by atoms with E-state index in [0.717, 1.165) is 0 Å². The number of carboxylic acids is 2. The fourth-order valence-electron chi connectivity index (χ4n) is 1.21. The van der Waals surface area contributed by atoms with Gasteiger partial charge in [0.1, 0.15) is 0 Å². The van der Waals surface area contributed by atoms with E-state index in [1.807, 2.05) is 27.7 Å². The van der Waals surface area contributed by atoms with E-state index in [0.29, 0.717) is 24.7 Å². The molecule has 4 N–H and O–H groups in total. The molecule has 0 bridgehead atoms. The molecule has 19 heavy (non-hydrogen) atoms. The minimum absolute atomic E-state index is 0. The van der Waals surface area contributed by atoms with Gasteiger partial charge >= 0.3 is 19.5 Å². The maximum absolute atomic E-state index is 10.00. The summed E-state index contributed by atoms with van der Waals surface area (Å²) in [6, 6.07) is -1.60. The van der Waals surface area contributed by atoms with Gasteiger partial charge in [0.25, 0.3) is 0 Å². The molecule has 0 radical (unpaired) electrons. The zero-order valence-electron chi connectivity index (χ0n) is 12.2. The monoisotopic (exact) mass is 324 g/mol. The Morgan fingerprint density at radius 2 is 1.05 bits per heavy atom. The van der Waals surface area contributed by atoms with E-state index in [1.54, 1.807) is 0 Å². The van der Waals surface area contributed by atoms with Crippen molar-refractivity contribution in [2.45, 2.75) is 52.6 Å². The number of rotatable bonds is 6. The molecule has 0 aromatic carbocycles. The summed E-state index contributed by atoms with van der Waals surface area (Å²) in [5.41, 5.74) is 10.3. The van der Waals surface area contributed by atoms with Crippen molar-refractivity contribution in [2.24, 2.45) is 23.3 Å². The minimum atomic E-state index is -1.16. The number of hydrogen-bond donors (Lipinski definition) is 2. The van der Waals surface area contributed by atoms with Gasteiger partial charge < -0.3 is 31.3 Å². The van der Waals surface area contributed by atoms with Crippen molar-refractivity contribution < 1.29 is 39.3 Å². The van der Waals surface area contributed by atoms with Crippen LogP contribution in [0.4, 0.5) is 0 Å². The standard InChI is InChI=1S/2C6H13NO2.Zn/c2*1-4(2)3-5(7)6(8)9;/h2*4-5H,3,7H2,1-2H3,(H,8,9);/q;;+2/p-2/t2*5-;/m00./s1. The van der Waals surface area contributed by atoms with E-state index >= 15 is 0 Å². The van der Waals surface area contributed by atoms with Crippen LogP contribution in [0.25, 0.3) is 0 Å². The van der Waals surface area contributed by atoms with Gasteiger partial charge in [0.15, 0.2) is 0 Å². The largest absolute Gasteiger partial charge is 2.00 e. The molecule has 0 saturated heterocycles. The average Bonchev–Trinajstić information content (AvgIpc) is 2.16. The van der Waals surface area contributed by atoms with Crippen molar-refractivity contribution >= 4 is 11.9 Å². The Balaban J connectivity index is -0.000000256. The van der Waals surface area contributed by atoms with Crippen molar-refractivity contribution in [1.82, 2.24) is 0 Å². The molecule has 0 fully saturated rings. The van der Waals surface area contributed by atoms with Gasteiger partial charge in [0.05, 0.1) is 11.9 Å². The summed E-state index contributed by atoms with van der Waals surface area (Å²) in [4.78, 5) is 20.0. The molecule has 0 aliphatic rings. The third-order valence-electron chi connectivity index (χ3n) is 2.06. The normalized spacial score (nSPS) is 13.1. The van der Waals surface area contributed by atoms with Crippen LogP contribution in [0.5, 0.6) is 0 Å². The molecule has 0 spiro atoms. The Morgan fingerprint density at radius 3 is 1.11 bits per heavy atom. The SMILES string of the molecule is CC(C)C[C@H](N)C(=O)[O-].CC(C)C[C@H](N)C(=O)[O-].[Zn+2]. The van der Waals surface area contributed by atoms with E-state index in [2.05, 4.69) is 0 Å². The van der Waals surface area contributed by atoms with Crippen LogP contribution in [0.2, 0.25) is 0 Å². The molecule has 0 aromatic heterocycles. The Bertz CT molecular complexity index is 234. The van der Waals surface area contributed by atoms with Gasteiger partial charge in [-0.2, -0.15) is 0 Å². The molecule has 7 heteroatoms. The number of carboxylic acid groups (broad SMARTS) is 2. The summed E-state index contributed by atoms with van der Waals surface area (Å²) >= 11 is 0. The first-order valence-electron chi connectivity index (χ1n) is 6.00. The van der Waals surface area contributed by atoms with Gasteiger partial charge in [0.2, 0.25) is 0 Å². The molecule has 108 valence electrons. The third-order valence-corrected chi connectivity index (χ3v) is 2.06. The summed E-state index contributed by atoms with van der Waals surface area (Å²) in [6.45, 7) is 7.68. The van der Waals surface area contributed by atoms with E-state index in [-0.39, 0.29) is 19.5 Å². The number of nitrogens with two attached hydrogens (primary N) is 2. The second-order valence-electron chi connectivity index (χ2n) is 5.11. The van der Waals surface area contributed by atoms with Crippen LogP contribution in [-0.2, 0) is 29.1 Å².